The summed E-state index contributed by atoms with van der Waals surface area (Å²) in [5, 5.41) is 3.17. The van der Waals surface area contributed by atoms with E-state index in [-0.39, 0.29) is 11.9 Å². The van der Waals surface area contributed by atoms with E-state index in [1.165, 1.54) is 36.1 Å². The first-order valence-corrected chi connectivity index (χ1v) is 12.9. The molecule has 5 rings (SSSR count). The molecule has 0 saturated carbocycles. The number of methoxy groups -OCH3 is 1. The highest BCUT2D eigenvalue weighted by Gasteiger charge is 2.36. The molecule has 1 aliphatic heterocycles. The molecule has 3 aromatic rings. The van der Waals surface area contributed by atoms with Gasteiger partial charge in [0.1, 0.15) is 5.75 Å². The lowest BCUT2D eigenvalue weighted by atomic mass is 9.88. The molecular weight excluding hydrogens is 428 g/mol. The Morgan fingerprint density at radius 3 is 2.70 bits per heavy atom. The predicted octanol–water partition coefficient (Wildman–Crippen LogP) is 5.78. The first-order chi connectivity index (χ1) is 16.2. The van der Waals surface area contributed by atoms with Gasteiger partial charge in [0, 0.05) is 27.5 Å². The minimum absolute atomic E-state index is 0.0422. The number of hydrogen-bond acceptors (Lipinski definition) is 4. The number of benzene rings is 2. The monoisotopic (exact) mass is 460 g/mol. The third kappa shape index (κ3) is 4.32. The molecule has 0 bridgehead atoms. The Balaban J connectivity index is 1.48. The Labute approximate surface area is 200 Å². The Bertz CT molecular complexity index is 1150. The topological polar surface area (TPSA) is 41.6 Å². The number of hydrogen-bond donors (Lipinski definition) is 1. The number of para-hydroxylation sites is 2. The van der Waals surface area contributed by atoms with Crippen molar-refractivity contribution in [2.45, 2.75) is 51.5 Å². The second-order valence-corrected chi connectivity index (χ2v) is 10.1. The summed E-state index contributed by atoms with van der Waals surface area (Å²) in [7, 11) is 1.74. The molecule has 172 valence electrons. The van der Waals surface area contributed by atoms with E-state index in [2.05, 4.69) is 35.3 Å². The van der Waals surface area contributed by atoms with Crippen molar-refractivity contribution in [1.82, 2.24) is 4.90 Å². The highest BCUT2D eigenvalue weighted by Crippen LogP contribution is 2.46. The molecule has 0 saturated heterocycles. The third-order valence-electron chi connectivity index (χ3n) is 7.03. The van der Waals surface area contributed by atoms with E-state index < -0.39 is 0 Å². The number of carbonyl (C=O) groups is 1. The van der Waals surface area contributed by atoms with Crippen LogP contribution < -0.4 is 10.1 Å². The van der Waals surface area contributed by atoms with Crippen LogP contribution in [-0.2, 0) is 30.5 Å². The number of nitrogens with one attached hydrogen (secondary N) is 1. The number of carbonyl (C=O) groups excluding carboxylic acids is 1. The maximum absolute atomic E-state index is 13.2. The number of aryl methyl sites for hydroxylation is 2. The number of fused-ring (bicyclic) bond motifs is 3. The molecule has 1 amide bonds. The van der Waals surface area contributed by atoms with Gasteiger partial charge in [-0.25, -0.2) is 0 Å². The molecule has 1 atom stereocenters. The van der Waals surface area contributed by atoms with Crippen molar-refractivity contribution in [3.63, 3.8) is 0 Å². The van der Waals surface area contributed by atoms with Crippen molar-refractivity contribution in [2.24, 2.45) is 0 Å². The van der Waals surface area contributed by atoms with Gasteiger partial charge in [0.15, 0.2) is 0 Å². The van der Waals surface area contributed by atoms with E-state index in [1.54, 1.807) is 23.1 Å². The maximum atomic E-state index is 13.2. The highest BCUT2D eigenvalue weighted by molar-refractivity contribution is 7.12. The lowest BCUT2D eigenvalue weighted by Crippen LogP contribution is -2.41. The van der Waals surface area contributed by atoms with E-state index in [9.17, 15) is 4.79 Å². The zero-order valence-electron chi connectivity index (χ0n) is 19.5. The standard InChI is InChI=1S/C28H32N2O2S/c1-3-19-10-4-7-13-23(19)29-26(31)18-30-17-16-21-20-11-6-9-15-25(20)33-28(21)27(30)22-12-5-8-14-24(22)32-2/h4-5,7-8,10,12-14,27H,3,6,9,11,15-18H2,1-2H3,(H,29,31)/t27-/m0/s1. The van der Waals surface area contributed by atoms with Crippen LogP contribution in [0, 0.1) is 0 Å². The quantitative estimate of drug-likeness (QED) is 0.507. The van der Waals surface area contributed by atoms with Crippen molar-refractivity contribution in [2.75, 3.05) is 25.5 Å². The van der Waals surface area contributed by atoms with E-state index in [0.717, 1.165) is 36.4 Å². The van der Waals surface area contributed by atoms with Crippen LogP contribution in [0.4, 0.5) is 5.69 Å². The third-order valence-corrected chi connectivity index (χ3v) is 8.41. The van der Waals surface area contributed by atoms with Crippen LogP contribution in [-0.4, -0.2) is 31.0 Å². The van der Waals surface area contributed by atoms with Crippen molar-refractivity contribution < 1.29 is 9.53 Å². The van der Waals surface area contributed by atoms with Gasteiger partial charge in [-0.15, -0.1) is 11.3 Å². The molecule has 2 heterocycles. The summed E-state index contributed by atoms with van der Waals surface area (Å²) in [4.78, 5) is 18.5. The van der Waals surface area contributed by atoms with Crippen molar-refractivity contribution in [1.29, 1.82) is 0 Å². The fourth-order valence-corrected chi connectivity index (χ4v) is 7.02. The fraction of sp³-hybridized carbons (Fsp3) is 0.393. The zero-order valence-corrected chi connectivity index (χ0v) is 20.3. The number of nitrogens with zero attached hydrogens (tertiary/aromatic N) is 1. The van der Waals surface area contributed by atoms with Gasteiger partial charge < -0.3 is 10.1 Å². The van der Waals surface area contributed by atoms with Crippen LogP contribution in [0.2, 0.25) is 0 Å². The van der Waals surface area contributed by atoms with Crippen molar-refractivity contribution in [3.8, 4) is 5.75 Å². The van der Waals surface area contributed by atoms with Gasteiger partial charge in [-0.05, 0) is 67.3 Å². The molecule has 1 aromatic heterocycles. The van der Waals surface area contributed by atoms with Crippen LogP contribution in [0.15, 0.2) is 48.5 Å². The molecule has 2 aliphatic rings. The number of ether oxygens (including phenoxy) is 1. The Hall–Kier alpha value is -2.63. The second kappa shape index (κ2) is 9.70. The van der Waals surface area contributed by atoms with Crippen LogP contribution in [0.25, 0.3) is 0 Å². The number of anilines is 1. The summed E-state index contributed by atoms with van der Waals surface area (Å²) < 4.78 is 5.77. The molecule has 0 radical (unpaired) electrons. The molecule has 1 N–H and O–H groups in total. The smallest absolute Gasteiger partial charge is 0.238 e. The summed E-state index contributed by atoms with van der Waals surface area (Å²) in [5.41, 5.74) is 6.38. The first-order valence-electron chi connectivity index (χ1n) is 12.1. The van der Waals surface area contributed by atoms with Gasteiger partial charge >= 0.3 is 0 Å². The average Bonchev–Trinajstić information content (AvgIpc) is 3.23. The van der Waals surface area contributed by atoms with Crippen molar-refractivity contribution >= 4 is 22.9 Å². The summed E-state index contributed by atoms with van der Waals surface area (Å²) in [6.07, 6.45) is 6.89. The Kier molecular flexibility index (Phi) is 6.52. The van der Waals surface area contributed by atoms with Crippen LogP contribution in [0.5, 0.6) is 5.75 Å². The molecule has 0 unspecified atom stereocenters. The number of thiophene rings is 1. The lowest BCUT2D eigenvalue weighted by molar-refractivity contribution is -0.117. The number of rotatable bonds is 6. The second-order valence-electron chi connectivity index (χ2n) is 8.98. The fourth-order valence-electron chi connectivity index (χ4n) is 5.42. The molecule has 2 aromatic carbocycles. The van der Waals surface area contributed by atoms with Gasteiger partial charge in [-0.3, -0.25) is 9.69 Å². The van der Waals surface area contributed by atoms with Gasteiger partial charge in [-0.1, -0.05) is 43.3 Å². The van der Waals surface area contributed by atoms with Crippen molar-refractivity contribution in [3.05, 3.63) is 80.5 Å². The SMILES string of the molecule is CCc1ccccc1NC(=O)CN1CCc2c(sc3c2CCCC3)[C@@H]1c1ccccc1OC. The molecular formula is C28H32N2O2S. The minimum Gasteiger partial charge on any atom is -0.496 e. The van der Waals surface area contributed by atoms with E-state index in [0.29, 0.717) is 6.54 Å². The van der Waals surface area contributed by atoms with Crippen LogP contribution in [0.3, 0.4) is 0 Å². The molecule has 1 aliphatic carbocycles. The molecule has 0 fully saturated rings. The summed E-state index contributed by atoms with van der Waals surface area (Å²) in [6.45, 7) is 3.36. The summed E-state index contributed by atoms with van der Waals surface area (Å²) in [6, 6.07) is 16.4. The maximum Gasteiger partial charge on any atom is 0.238 e. The van der Waals surface area contributed by atoms with E-state index in [1.807, 2.05) is 41.7 Å². The number of amides is 1. The van der Waals surface area contributed by atoms with E-state index in [4.69, 9.17) is 4.74 Å². The molecule has 0 spiro atoms. The molecule has 5 heteroatoms. The average molecular weight is 461 g/mol. The largest absolute Gasteiger partial charge is 0.496 e. The lowest BCUT2D eigenvalue weighted by Gasteiger charge is -2.36. The van der Waals surface area contributed by atoms with Gasteiger partial charge in [0.05, 0.1) is 19.7 Å². The van der Waals surface area contributed by atoms with Gasteiger partial charge in [0.2, 0.25) is 5.91 Å². The zero-order chi connectivity index (χ0) is 22.8. The van der Waals surface area contributed by atoms with Gasteiger partial charge in [0.25, 0.3) is 0 Å². The van der Waals surface area contributed by atoms with Crippen LogP contribution >= 0.6 is 11.3 Å². The van der Waals surface area contributed by atoms with Gasteiger partial charge in [-0.2, -0.15) is 0 Å². The minimum atomic E-state index is 0.0422. The highest BCUT2D eigenvalue weighted by atomic mass is 32.1. The first kappa shape index (κ1) is 22.2. The Morgan fingerprint density at radius 2 is 1.85 bits per heavy atom. The Morgan fingerprint density at radius 1 is 1.06 bits per heavy atom. The predicted molar refractivity (Wildman–Crippen MR) is 136 cm³/mol. The normalized spacial score (nSPS) is 17.8. The summed E-state index contributed by atoms with van der Waals surface area (Å²) in [5.74, 6) is 0.934. The van der Waals surface area contributed by atoms with Crippen LogP contribution in [0.1, 0.15) is 57.8 Å². The summed E-state index contributed by atoms with van der Waals surface area (Å²) >= 11 is 1.97. The van der Waals surface area contributed by atoms with E-state index >= 15 is 0 Å². The molecule has 4 nitrogen and oxygen atoms in total. The molecule has 33 heavy (non-hydrogen) atoms.